The van der Waals surface area contributed by atoms with E-state index in [9.17, 15) is 29.1 Å². The Hall–Kier alpha value is -6.00. The van der Waals surface area contributed by atoms with Crippen molar-refractivity contribution < 1.29 is 38.6 Å². The summed E-state index contributed by atoms with van der Waals surface area (Å²) in [6, 6.07) is 10.3. The number of aryl methyl sites for hydroxylation is 1. The number of pyridine rings is 1. The van der Waals surface area contributed by atoms with Gasteiger partial charge in [0.15, 0.2) is 0 Å². The van der Waals surface area contributed by atoms with Crippen LogP contribution in [0.2, 0.25) is 0 Å². The molecule has 6 bridgehead atoms. The number of nitrogens with one attached hydrogen (secondary N) is 2. The fourth-order valence-electron chi connectivity index (χ4n) is 9.96. The Kier molecular flexibility index (Phi) is 14.4. The highest BCUT2D eigenvalue weighted by atomic mass is 16.5. The van der Waals surface area contributed by atoms with E-state index in [4.69, 9.17) is 9.47 Å². The van der Waals surface area contributed by atoms with Crippen molar-refractivity contribution in [2.75, 3.05) is 54.5 Å². The highest BCUT2D eigenvalue weighted by Gasteiger charge is 2.40. The lowest BCUT2D eigenvalue weighted by Crippen LogP contribution is -2.62. The number of nitrogens with zero attached hydrogens (tertiary/aromatic N) is 6. The predicted octanol–water partition coefficient (Wildman–Crippen LogP) is 5.38. The van der Waals surface area contributed by atoms with Gasteiger partial charge in [0, 0.05) is 95.1 Å². The van der Waals surface area contributed by atoms with E-state index in [1.807, 2.05) is 38.2 Å². The van der Waals surface area contributed by atoms with Crippen molar-refractivity contribution in [3.8, 4) is 28.1 Å². The molecule has 5 heterocycles. The highest BCUT2D eigenvalue weighted by Crippen LogP contribution is 2.41. The number of ether oxygens (including phenoxy) is 2. The largest absolute Gasteiger partial charge is 0.508 e. The SMILES string of the molecule is CCn1c(-c2cnccc2COC)c2c3cc(ccc31)-c1cc(O)cc(c1)C[C@H](NC(=O)C(C(C)C)N(C)C(=O)[C@H]1CCN(C(=O)N(C)C)C1)C(=O)N1CCC[C@H](N1)C(=O)OCC(C)(C)C2. The van der Waals surface area contributed by atoms with Crippen molar-refractivity contribution in [2.24, 2.45) is 17.3 Å². The number of phenolic OH excluding ortho intramolecular Hbond substituents is 1. The number of esters is 1. The lowest BCUT2D eigenvalue weighted by Gasteiger charge is -2.37. The first-order valence-corrected chi connectivity index (χ1v) is 23.1. The van der Waals surface area contributed by atoms with Crippen LogP contribution in [0.25, 0.3) is 33.3 Å². The maximum absolute atomic E-state index is 14.7. The number of benzene rings is 2. The number of cyclic esters (lactones) is 1. The molecule has 16 heteroatoms. The number of amides is 5. The van der Waals surface area contributed by atoms with Gasteiger partial charge in [-0.05, 0) is 96.7 Å². The van der Waals surface area contributed by atoms with Crippen LogP contribution in [0.15, 0.2) is 54.9 Å². The maximum Gasteiger partial charge on any atom is 0.324 e. The topological polar surface area (TPSA) is 179 Å². The third-order valence-electron chi connectivity index (χ3n) is 13.2. The summed E-state index contributed by atoms with van der Waals surface area (Å²) in [5.74, 6) is -2.57. The van der Waals surface area contributed by atoms with E-state index in [1.165, 1.54) is 14.8 Å². The summed E-state index contributed by atoms with van der Waals surface area (Å²) in [4.78, 5) is 78.9. The van der Waals surface area contributed by atoms with Crippen molar-refractivity contribution in [1.82, 2.24) is 40.0 Å². The Morgan fingerprint density at radius 1 is 1.05 bits per heavy atom. The Morgan fingerprint density at radius 3 is 2.53 bits per heavy atom. The number of likely N-dealkylation sites (N-methyl/N-ethyl adjacent to an activating group) is 1. The quantitative estimate of drug-likeness (QED) is 0.185. The Labute approximate surface area is 387 Å². The summed E-state index contributed by atoms with van der Waals surface area (Å²) in [7, 11) is 6.60. The van der Waals surface area contributed by atoms with Crippen LogP contribution in [0.4, 0.5) is 4.79 Å². The van der Waals surface area contributed by atoms with Gasteiger partial charge in [-0.2, -0.15) is 0 Å². The smallest absolute Gasteiger partial charge is 0.324 e. The van der Waals surface area contributed by atoms with Crippen molar-refractivity contribution in [3.63, 3.8) is 0 Å². The van der Waals surface area contributed by atoms with Gasteiger partial charge in [0.25, 0.3) is 5.91 Å². The van der Waals surface area contributed by atoms with Gasteiger partial charge >= 0.3 is 12.0 Å². The normalized spacial score (nSPS) is 20.5. The molecule has 16 nitrogen and oxygen atoms in total. The lowest BCUT2D eigenvalue weighted by atomic mass is 9.84. The van der Waals surface area contributed by atoms with Crippen LogP contribution in [0, 0.1) is 17.3 Å². The van der Waals surface area contributed by atoms with Gasteiger partial charge in [0.2, 0.25) is 11.8 Å². The first-order valence-electron chi connectivity index (χ1n) is 23.1. The van der Waals surface area contributed by atoms with Crippen molar-refractivity contribution in [2.45, 2.75) is 98.0 Å². The van der Waals surface area contributed by atoms with Crippen LogP contribution in [0.1, 0.15) is 70.6 Å². The molecule has 0 aliphatic carbocycles. The van der Waals surface area contributed by atoms with Gasteiger partial charge in [0.05, 0.1) is 24.8 Å². The van der Waals surface area contributed by atoms with Gasteiger partial charge < -0.3 is 39.2 Å². The molecule has 5 amide bonds. The molecule has 4 aromatic rings. The molecule has 3 N–H and O–H groups in total. The van der Waals surface area contributed by atoms with Crippen LogP contribution < -0.4 is 10.7 Å². The molecule has 3 aliphatic rings. The Morgan fingerprint density at radius 2 is 1.82 bits per heavy atom. The summed E-state index contributed by atoms with van der Waals surface area (Å²) in [5.41, 5.74) is 9.75. The molecule has 354 valence electrons. The lowest BCUT2D eigenvalue weighted by molar-refractivity contribution is -0.155. The van der Waals surface area contributed by atoms with Crippen molar-refractivity contribution >= 4 is 40.6 Å². The number of rotatable bonds is 9. The van der Waals surface area contributed by atoms with E-state index in [-0.39, 0.29) is 49.7 Å². The molecule has 0 spiro atoms. The molecule has 4 atom stereocenters. The number of methoxy groups -OCH3 is 1. The van der Waals surface area contributed by atoms with E-state index in [0.29, 0.717) is 50.9 Å². The fourth-order valence-corrected chi connectivity index (χ4v) is 9.96. The standard InChI is InChI=1S/C50H66N8O8/c1-10-57-42-14-13-32-24-37(42)38(44(57)39-26-51-17-15-34(39)28-65-9)25-50(4,5)29-66-48(63)40-12-11-18-58(53-40)47(62)41(22-31-20-35(32)23-36(59)21-31)52-45(60)43(30(2)3)55(8)46(61)33-16-19-56(27-33)49(64)54(6)7/h13-15,17,20-21,23-24,26,30,33,40-41,43,53,59H,10-12,16,18-19,22,25,27-29H2,1-9H3,(H,52,60)/t33-,40-,41-,43?/m0/s1. The number of carbonyl (C=O) groups excluding carboxylic acids is 5. The summed E-state index contributed by atoms with van der Waals surface area (Å²) in [5, 5.41) is 16.7. The predicted molar refractivity (Wildman–Crippen MR) is 251 cm³/mol. The average molecular weight is 907 g/mol. The number of urea groups is 1. The number of hydrazine groups is 1. The third-order valence-corrected chi connectivity index (χ3v) is 13.2. The second-order valence-corrected chi connectivity index (χ2v) is 19.4. The van der Waals surface area contributed by atoms with E-state index >= 15 is 0 Å². The maximum atomic E-state index is 14.7. The van der Waals surface area contributed by atoms with Crippen LogP contribution in [0.3, 0.4) is 0 Å². The summed E-state index contributed by atoms with van der Waals surface area (Å²) in [6.07, 6.45) is 5.60. The Bertz CT molecular complexity index is 2480. The molecule has 2 fully saturated rings. The van der Waals surface area contributed by atoms with Crippen molar-refractivity contribution in [3.05, 3.63) is 71.5 Å². The first-order chi connectivity index (χ1) is 31.4. The molecular formula is C50H66N8O8. The molecule has 2 aromatic heterocycles. The minimum absolute atomic E-state index is 0.00665. The van der Waals surface area contributed by atoms with E-state index in [1.54, 1.807) is 51.5 Å². The number of carbonyl (C=O) groups is 5. The number of aromatic nitrogens is 2. The number of fused-ring (bicyclic) bond motifs is 6. The fraction of sp³-hybridized carbons (Fsp3) is 0.520. The molecule has 2 saturated heterocycles. The van der Waals surface area contributed by atoms with Crippen LogP contribution >= 0.6 is 0 Å². The van der Waals surface area contributed by atoms with Crippen LogP contribution in [0.5, 0.6) is 5.75 Å². The van der Waals surface area contributed by atoms with Gasteiger partial charge in [-0.1, -0.05) is 39.8 Å². The molecule has 1 unspecified atom stereocenters. The number of hydrogen-bond acceptors (Lipinski definition) is 10. The average Bonchev–Trinajstić information content (AvgIpc) is 3.89. The monoisotopic (exact) mass is 907 g/mol. The molecule has 2 aromatic carbocycles. The van der Waals surface area contributed by atoms with Gasteiger partial charge in [-0.15, -0.1) is 0 Å². The summed E-state index contributed by atoms with van der Waals surface area (Å²) < 4.78 is 14.0. The number of phenols is 1. The second kappa shape index (κ2) is 19.8. The molecule has 7 rings (SSSR count). The highest BCUT2D eigenvalue weighted by molar-refractivity contribution is 5.96. The zero-order valence-corrected chi connectivity index (χ0v) is 39.8. The zero-order chi connectivity index (χ0) is 47.6. The summed E-state index contributed by atoms with van der Waals surface area (Å²) >= 11 is 0. The Balaban J connectivity index is 1.29. The first kappa shape index (κ1) is 47.9. The summed E-state index contributed by atoms with van der Waals surface area (Å²) in [6.45, 7) is 12.1. The molecular weight excluding hydrogens is 841 g/mol. The molecule has 0 radical (unpaired) electrons. The van der Waals surface area contributed by atoms with E-state index in [0.717, 1.165) is 44.4 Å². The third kappa shape index (κ3) is 10.0. The van der Waals surface area contributed by atoms with Crippen LogP contribution in [-0.2, 0) is 54.6 Å². The van der Waals surface area contributed by atoms with Crippen LogP contribution in [-0.4, -0.2) is 137 Å². The van der Waals surface area contributed by atoms with E-state index < -0.39 is 47.2 Å². The molecule has 0 saturated carbocycles. The van der Waals surface area contributed by atoms with Crippen molar-refractivity contribution in [1.29, 1.82) is 0 Å². The number of likely N-dealkylation sites (tertiary alicyclic amines) is 1. The van der Waals surface area contributed by atoms with E-state index in [2.05, 4.69) is 53.2 Å². The molecule has 3 aliphatic heterocycles. The van der Waals surface area contributed by atoms with Gasteiger partial charge in [-0.3, -0.25) is 29.2 Å². The number of aromatic hydroxyl groups is 1. The molecule has 66 heavy (non-hydrogen) atoms. The second-order valence-electron chi connectivity index (χ2n) is 19.4. The van der Waals surface area contributed by atoms with Gasteiger partial charge in [-0.25, -0.2) is 10.2 Å². The minimum atomic E-state index is -1.16. The van der Waals surface area contributed by atoms with Gasteiger partial charge in [0.1, 0.15) is 23.9 Å². The zero-order valence-electron chi connectivity index (χ0n) is 39.8. The number of hydrogen-bond donors (Lipinski definition) is 3. The minimum Gasteiger partial charge on any atom is -0.508 e.